The zero-order valence-corrected chi connectivity index (χ0v) is 9.21. The minimum absolute atomic E-state index is 0.00641. The average molecular weight is 228 g/mol. The second kappa shape index (κ2) is 4.92. The first-order valence-electron chi connectivity index (χ1n) is 4.76. The van der Waals surface area contributed by atoms with E-state index < -0.39 is 6.03 Å². The van der Waals surface area contributed by atoms with Gasteiger partial charge in [0.1, 0.15) is 0 Å². The average Bonchev–Trinajstić information content (AvgIpc) is 2.71. The fourth-order valence-electron chi connectivity index (χ4n) is 1.24. The maximum atomic E-state index is 11.2. The van der Waals surface area contributed by atoms with Crippen molar-refractivity contribution in [1.82, 2.24) is 15.2 Å². The molecule has 90 valence electrons. The molecule has 0 radical (unpaired) electrons. The largest absolute Gasteiger partial charge is 0.390 e. The third-order valence-corrected chi connectivity index (χ3v) is 2.01. The Morgan fingerprint density at radius 3 is 2.81 bits per heavy atom. The zero-order valence-electron chi connectivity index (χ0n) is 9.21. The standard InChI is InChI=1S/C8H16N6O2/c1-5(2)14-7(3-6(4-15)12-14)13(10)8(16)11-9/h3,5,15H,4,9-10H2,1-2H3,(H,11,16). The minimum Gasteiger partial charge on any atom is -0.390 e. The fourth-order valence-corrected chi connectivity index (χ4v) is 1.24. The summed E-state index contributed by atoms with van der Waals surface area (Å²) in [6.07, 6.45) is 0. The lowest BCUT2D eigenvalue weighted by atomic mass is 10.4. The minimum atomic E-state index is -0.661. The van der Waals surface area contributed by atoms with Crippen LogP contribution >= 0.6 is 0 Å². The third-order valence-electron chi connectivity index (χ3n) is 2.01. The number of nitrogens with one attached hydrogen (secondary N) is 1. The van der Waals surface area contributed by atoms with Crippen molar-refractivity contribution in [2.75, 3.05) is 5.01 Å². The Hall–Kier alpha value is -1.64. The van der Waals surface area contributed by atoms with E-state index in [0.29, 0.717) is 11.5 Å². The van der Waals surface area contributed by atoms with Crippen LogP contribution in [0.5, 0.6) is 0 Å². The number of nitrogens with zero attached hydrogens (tertiary/aromatic N) is 3. The van der Waals surface area contributed by atoms with Crippen molar-refractivity contribution in [3.05, 3.63) is 11.8 Å². The summed E-state index contributed by atoms with van der Waals surface area (Å²) in [4.78, 5) is 11.2. The number of aliphatic hydroxyl groups excluding tert-OH is 1. The first-order valence-corrected chi connectivity index (χ1v) is 4.76. The molecular formula is C8H16N6O2. The highest BCUT2D eigenvalue weighted by Crippen LogP contribution is 2.18. The highest BCUT2D eigenvalue weighted by molar-refractivity contribution is 5.89. The van der Waals surface area contributed by atoms with Gasteiger partial charge >= 0.3 is 6.03 Å². The Morgan fingerprint density at radius 2 is 2.38 bits per heavy atom. The first kappa shape index (κ1) is 12.4. The third kappa shape index (κ3) is 2.30. The number of rotatable bonds is 3. The molecule has 1 aromatic rings. The Morgan fingerprint density at radius 1 is 1.75 bits per heavy atom. The van der Waals surface area contributed by atoms with E-state index >= 15 is 0 Å². The van der Waals surface area contributed by atoms with E-state index in [1.807, 2.05) is 19.3 Å². The molecule has 0 aliphatic carbocycles. The number of carbonyl (C=O) groups excluding carboxylic acids is 1. The van der Waals surface area contributed by atoms with E-state index in [1.54, 1.807) is 0 Å². The zero-order chi connectivity index (χ0) is 12.3. The Balaban J connectivity index is 3.10. The second-order valence-electron chi connectivity index (χ2n) is 3.51. The van der Waals surface area contributed by atoms with E-state index in [0.717, 1.165) is 5.01 Å². The lowest BCUT2D eigenvalue weighted by Gasteiger charge is -2.18. The fraction of sp³-hybridized carbons (Fsp3) is 0.500. The molecule has 0 aliphatic heterocycles. The number of hydrogen-bond donors (Lipinski definition) is 4. The number of hydrogen-bond acceptors (Lipinski definition) is 5. The molecule has 0 unspecified atom stereocenters. The molecule has 0 spiro atoms. The molecule has 16 heavy (non-hydrogen) atoms. The summed E-state index contributed by atoms with van der Waals surface area (Å²) < 4.78 is 1.53. The van der Waals surface area contributed by atoms with Crippen LogP contribution in [0.15, 0.2) is 6.07 Å². The molecule has 0 atom stereocenters. The smallest absolute Gasteiger partial charge is 0.351 e. The van der Waals surface area contributed by atoms with Gasteiger partial charge in [-0.2, -0.15) is 5.10 Å². The van der Waals surface area contributed by atoms with Gasteiger partial charge in [0.2, 0.25) is 0 Å². The van der Waals surface area contributed by atoms with Crippen LogP contribution in [0.4, 0.5) is 10.6 Å². The lowest BCUT2D eigenvalue weighted by molar-refractivity contribution is 0.246. The maximum Gasteiger partial charge on any atom is 0.351 e. The van der Waals surface area contributed by atoms with E-state index in [9.17, 15) is 4.79 Å². The molecule has 8 heteroatoms. The molecule has 0 aliphatic rings. The number of carbonyl (C=O) groups is 1. The van der Waals surface area contributed by atoms with Gasteiger partial charge in [-0.15, -0.1) is 0 Å². The second-order valence-corrected chi connectivity index (χ2v) is 3.51. The van der Waals surface area contributed by atoms with Crippen LogP contribution in [0.25, 0.3) is 0 Å². The van der Waals surface area contributed by atoms with E-state index in [-0.39, 0.29) is 12.6 Å². The van der Waals surface area contributed by atoms with Gasteiger partial charge in [-0.25, -0.2) is 26.2 Å². The van der Waals surface area contributed by atoms with Gasteiger partial charge in [0.25, 0.3) is 0 Å². The topological polar surface area (TPSA) is 122 Å². The van der Waals surface area contributed by atoms with Gasteiger partial charge in [-0.05, 0) is 13.8 Å². The summed E-state index contributed by atoms with van der Waals surface area (Å²) in [5.41, 5.74) is 2.35. The molecule has 0 bridgehead atoms. The van der Waals surface area contributed by atoms with Crippen molar-refractivity contribution in [1.29, 1.82) is 0 Å². The van der Waals surface area contributed by atoms with Crippen molar-refractivity contribution in [2.24, 2.45) is 11.7 Å². The summed E-state index contributed by atoms with van der Waals surface area (Å²) in [5, 5.41) is 13.9. The molecule has 0 fully saturated rings. The number of aromatic nitrogens is 2. The van der Waals surface area contributed by atoms with Gasteiger partial charge in [0.05, 0.1) is 12.3 Å². The number of anilines is 1. The number of urea groups is 1. The van der Waals surface area contributed by atoms with Gasteiger partial charge in [0, 0.05) is 12.1 Å². The normalized spacial score (nSPS) is 10.6. The van der Waals surface area contributed by atoms with Crippen molar-refractivity contribution >= 4 is 11.8 Å². The van der Waals surface area contributed by atoms with Crippen LogP contribution < -0.4 is 22.1 Å². The molecule has 6 N–H and O–H groups in total. The summed E-state index contributed by atoms with van der Waals surface area (Å²) in [6.45, 7) is 3.54. The lowest BCUT2D eigenvalue weighted by Crippen LogP contribution is -2.48. The van der Waals surface area contributed by atoms with Gasteiger partial charge in [-0.1, -0.05) is 0 Å². The summed E-state index contributed by atoms with van der Waals surface area (Å²) in [6, 6.07) is 0.869. The predicted molar refractivity (Wildman–Crippen MR) is 57.9 cm³/mol. The van der Waals surface area contributed by atoms with Crippen LogP contribution in [0.3, 0.4) is 0 Å². The maximum absolute atomic E-state index is 11.2. The molecule has 1 aromatic heterocycles. The number of aliphatic hydroxyl groups is 1. The van der Waals surface area contributed by atoms with Crippen molar-refractivity contribution in [2.45, 2.75) is 26.5 Å². The van der Waals surface area contributed by atoms with Crippen molar-refractivity contribution < 1.29 is 9.90 Å². The van der Waals surface area contributed by atoms with Crippen molar-refractivity contribution in [3.8, 4) is 0 Å². The Labute approximate surface area is 92.7 Å². The van der Waals surface area contributed by atoms with Crippen LogP contribution in [-0.2, 0) is 6.61 Å². The first-order chi connectivity index (χ1) is 7.51. The van der Waals surface area contributed by atoms with Gasteiger partial charge in [-0.3, -0.25) is 5.43 Å². The molecular weight excluding hydrogens is 212 g/mol. The number of hydrazine groups is 2. The molecule has 2 amide bonds. The summed E-state index contributed by atoms with van der Waals surface area (Å²) in [7, 11) is 0. The highest BCUT2D eigenvalue weighted by Gasteiger charge is 2.18. The van der Waals surface area contributed by atoms with Gasteiger partial charge in [0.15, 0.2) is 5.82 Å². The predicted octanol–water partition coefficient (Wildman–Crippen LogP) is -0.780. The highest BCUT2D eigenvalue weighted by atomic mass is 16.3. The molecule has 1 heterocycles. The summed E-state index contributed by atoms with van der Waals surface area (Å²) >= 11 is 0. The monoisotopic (exact) mass is 228 g/mol. The Kier molecular flexibility index (Phi) is 3.82. The quantitative estimate of drug-likeness (QED) is 0.307. The van der Waals surface area contributed by atoms with Crippen LogP contribution in [0.1, 0.15) is 25.6 Å². The molecule has 0 aromatic carbocycles. The molecule has 8 nitrogen and oxygen atoms in total. The Bertz CT molecular complexity index is 375. The van der Waals surface area contributed by atoms with E-state index in [2.05, 4.69) is 5.10 Å². The van der Waals surface area contributed by atoms with E-state index in [1.165, 1.54) is 10.7 Å². The van der Waals surface area contributed by atoms with Crippen molar-refractivity contribution in [3.63, 3.8) is 0 Å². The number of nitrogens with two attached hydrogens (primary N) is 2. The molecule has 1 rings (SSSR count). The van der Waals surface area contributed by atoms with Gasteiger partial charge < -0.3 is 5.11 Å². The SMILES string of the molecule is CC(C)n1nc(CO)cc1N(N)C(=O)NN. The number of amides is 2. The van der Waals surface area contributed by atoms with E-state index in [4.69, 9.17) is 16.8 Å². The van der Waals surface area contributed by atoms with Crippen LogP contribution in [0.2, 0.25) is 0 Å². The molecule has 0 saturated carbocycles. The molecule has 0 saturated heterocycles. The van der Waals surface area contributed by atoms with Crippen LogP contribution in [0, 0.1) is 0 Å². The summed E-state index contributed by atoms with van der Waals surface area (Å²) in [5.74, 6) is 10.9. The van der Waals surface area contributed by atoms with Crippen LogP contribution in [-0.4, -0.2) is 20.9 Å².